The Balaban J connectivity index is 1.75. The number of aromatic nitrogens is 2. The number of nitrogens with zero attached hydrogens (tertiary/aromatic N) is 2. The van der Waals surface area contributed by atoms with E-state index in [0.29, 0.717) is 11.3 Å². The van der Waals surface area contributed by atoms with Gasteiger partial charge in [0.1, 0.15) is 0 Å². The Hall–Kier alpha value is -3.61. The number of rotatable bonds is 3. The third-order valence-corrected chi connectivity index (χ3v) is 4.55. The molecular formula is C22H16F3N3O. The molecule has 0 spiro atoms. The van der Waals surface area contributed by atoms with Gasteiger partial charge in [0.15, 0.2) is 0 Å². The standard InChI is InChI=1S/C22H16F3N3O/c1-14-12-28(13-26-14)18-10-16(22(23,24)25)9-17(11-18)27-21(29)20-8-4-6-15-5-2-3-7-19(15)20/h2-13H,1H3,(H,27,29). The first-order valence-electron chi connectivity index (χ1n) is 8.83. The molecule has 0 aliphatic carbocycles. The van der Waals surface area contributed by atoms with Gasteiger partial charge in [-0.25, -0.2) is 4.98 Å². The molecule has 0 aliphatic heterocycles. The summed E-state index contributed by atoms with van der Waals surface area (Å²) >= 11 is 0. The number of aryl methyl sites for hydroxylation is 1. The van der Waals surface area contributed by atoms with E-state index < -0.39 is 17.6 Å². The number of amides is 1. The molecule has 3 aromatic carbocycles. The van der Waals surface area contributed by atoms with Crippen molar-refractivity contribution in [3.05, 3.63) is 90.0 Å². The molecule has 0 fully saturated rings. The molecule has 0 radical (unpaired) electrons. The van der Waals surface area contributed by atoms with Crippen LogP contribution in [-0.2, 0) is 6.18 Å². The Morgan fingerprint density at radius 1 is 1.03 bits per heavy atom. The maximum Gasteiger partial charge on any atom is 0.416 e. The van der Waals surface area contributed by atoms with Gasteiger partial charge in [-0.05, 0) is 42.0 Å². The van der Waals surface area contributed by atoms with Crippen LogP contribution in [0, 0.1) is 6.92 Å². The highest BCUT2D eigenvalue weighted by molar-refractivity contribution is 6.13. The maximum atomic E-state index is 13.4. The lowest BCUT2D eigenvalue weighted by molar-refractivity contribution is -0.137. The van der Waals surface area contributed by atoms with Crippen molar-refractivity contribution in [1.82, 2.24) is 9.55 Å². The highest BCUT2D eigenvalue weighted by Crippen LogP contribution is 2.33. The molecule has 1 heterocycles. The molecule has 0 bridgehead atoms. The zero-order valence-electron chi connectivity index (χ0n) is 15.4. The van der Waals surface area contributed by atoms with Gasteiger partial charge in [0.2, 0.25) is 0 Å². The fraction of sp³-hybridized carbons (Fsp3) is 0.0909. The number of alkyl halides is 3. The summed E-state index contributed by atoms with van der Waals surface area (Å²) in [6.07, 6.45) is -1.50. The number of fused-ring (bicyclic) bond motifs is 1. The topological polar surface area (TPSA) is 46.9 Å². The van der Waals surface area contributed by atoms with E-state index in [1.165, 1.54) is 17.0 Å². The highest BCUT2D eigenvalue weighted by atomic mass is 19.4. The first-order chi connectivity index (χ1) is 13.8. The number of hydrogen-bond donors (Lipinski definition) is 1. The zero-order chi connectivity index (χ0) is 20.6. The predicted molar refractivity (Wildman–Crippen MR) is 105 cm³/mol. The van der Waals surface area contributed by atoms with Crippen LogP contribution in [0.25, 0.3) is 16.5 Å². The van der Waals surface area contributed by atoms with E-state index in [4.69, 9.17) is 0 Å². The van der Waals surface area contributed by atoms with Gasteiger partial charge >= 0.3 is 6.18 Å². The molecule has 4 aromatic rings. The van der Waals surface area contributed by atoms with E-state index in [9.17, 15) is 18.0 Å². The van der Waals surface area contributed by atoms with Crippen molar-refractivity contribution in [2.24, 2.45) is 0 Å². The molecule has 29 heavy (non-hydrogen) atoms. The SMILES string of the molecule is Cc1cn(-c2cc(NC(=O)c3cccc4ccccc34)cc(C(F)(F)F)c2)cn1. The molecule has 7 heteroatoms. The summed E-state index contributed by atoms with van der Waals surface area (Å²) in [5, 5.41) is 4.21. The van der Waals surface area contributed by atoms with Crippen LogP contribution in [0.2, 0.25) is 0 Å². The number of carbonyl (C=O) groups is 1. The van der Waals surface area contributed by atoms with E-state index >= 15 is 0 Å². The molecule has 0 unspecified atom stereocenters. The Bertz CT molecular complexity index is 1210. The lowest BCUT2D eigenvalue weighted by atomic mass is 10.0. The van der Waals surface area contributed by atoms with Crippen LogP contribution in [0.15, 0.2) is 73.2 Å². The second-order valence-electron chi connectivity index (χ2n) is 6.67. The summed E-state index contributed by atoms with van der Waals surface area (Å²) in [4.78, 5) is 16.9. The molecule has 146 valence electrons. The second-order valence-corrected chi connectivity index (χ2v) is 6.67. The van der Waals surface area contributed by atoms with E-state index in [2.05, 4.69) is 10.3 Å². The summed E-state index contributed by atoms with van der Waals surface area (Å²) in [6.45, 7) is 1.74. The van der Waals surface area contributed by atoms with Crippen molar-refractivity contribution < 1.29 is 18.0 Å². The lowest BCUT2D eigenvalue weighted by Crippen LogP contribution is -2.14. The van der Waals surface area contributed by atoms with Crippen molar-refractivity contribution in [2.45, 2.75) is 13.1 Å². The smallest absolute Gasteiger partial charge is 0.322 e. The third-order valence-electron chi connectivity index (χ3n) is 4.55. The minimum atomic E-state index is -4.55. The van der Waals surface area contributed by atoms with E-state index in [-0.39, 0.29) is 11.4 Å². The number of anilines is 1. The van der Waals surface area contributed by atoms with Gasteiger partial charge in [-0.1, -0.05) is 36.4 Å². The quantitative estimate of drug-likeness (QED) is 0.490. The lowest BCUT2D eigenvalue weighted by Gasteiger charge is -2.14. The minimum absolute atomic E-state index is 0.0547. The van der Waals surface area contributed by atoms with Crippen LogP contribution in [-0.4, -0.2) is 15.5 Å². The van der Waals surface area contributed by atoms with Gasteiger partial charge in [-0.2, -0.15) is 13.2 Å². The summed E-state index contributed by atoms with van der Waals surface area (Å²) in [5.41, 5.74) is 0.520. The number of nitrogens with one attached hydrogen (secondary N) is 1. The van der Waals surface area contributed by atoms with Crippen molar-refractivity contribution >= 4 is 22.4 Å². The molecule has 1 N–H and O–H groups in total. The van der Waals surface area contributed by atoms with Gasteiger partial charge < -0.3 is 9.88 Å². The van der Waals surface area contributed by atoms with Gasteiger partial charge in [-0.3, -0.25) is 4.79 Å². The van der Waals surface area contributed by atoms with Crippen molar-refractivity contribution in [3.8, 4) is 5.69 Å². The summed E-state index contributed by atoms with van der Waals surface area (Å²) in [5.74, 6) is -0.478. The van der Waals surface area contributed by atoms with Crippen LogP contribution in [0.1, 0.15) is 21.6 Å². The average molecular weight is 395 g/mol. The fourth-order valence-corrected chi connectivity index (χ4v) is 3.18. The number of halogens is 3. The van der Waals surface area contributed by atoms with Crippen molar-refractivity contribution in [2.75, 3.05) is 5.32 Å². The van der Waals surface area contributed by atoms with Crippen LogP contribution in [0.3, 0.4) is 0 Å². The molecule has 0 atom stereocenters. The Morgan fingerprint density at radius 3 is 2.52 bits per heavy atom. The second kappa shape index (κ2) is 7.09. The monoisotopic (exact) mass is 395 g/mol. The molecule has 0 saturated carbocycles. The minimum Gasteiger partial charge on any atom is -0.322 e. The summed E-state index contributed by atoms with van der Waals surface area (Å²) in [7, 11) is 0. The van der Waals surface area contributed by atoms with Crippen LogP contribution < -0.4 is 5.32 Å². The largest absolute Gasteiger partial charge is 0.416 e. The molecule has 0 aliphatic rings. The van der Waals surface area contributed by atoms with E-state index in [1.807, 2.05) is 24.3 Å². The van der Waals surface area contributed by atoms with Crippen LogP contribution >= 0.6 is 0 Å². The predicted octanol–water partition coefficient (Wildman–Crippen LogP) is 5.61. The summed E-state index contributed by atoms with van der Waals surface area (Å²) in [6, 6.07) is 16.0. The molecule has 1 amide bonds. The zero-order valence-corrected chi connectivity index (χ0v) is 15.4. The van der Waals surface area contributed by atoms with Crippen molar-refractivity contribution in [3.63, 3.8) is 0 Å². The fourth-order valence-electron chi connectivity index (χ4n) is 3.18. The maximum absolute atomic E-state index is 13.4. The molecule has 4 nitrogen and oxygen atoms in total. The first-order valence-corrected chi connectivity index (χ1v) is 8.83. The van der Waals surface area contributed by atoms with E-state index in [1.54, 1.807) is 31.3 Å². The number of imidazole rings is 1. The molecule has 0 saturated heterocycles. The number of benzene rings is 3. The van der Waals surface area contributed by atoms with Gasteiger partial charge in [0.25, 0.3) is 5.91 Å². The Kier molecular flexibility index (Phi) is 4.58. The Labute approximate surface area is 164 Å². The summed E-state index contributed by atoms with van der Waals surface area (Å²) < 4.78 is 41.7. The van der Waals surface area contributed by atoms with Crippen LogP contribution in [0.4, 0.5) is 18.9 Å². The Morgan fingerprint density at radius 2 is 1.79 bits per heavy atom. The van der Waals surface area contributed by atoms with Gasteiger partial charge in [0, 0.05) is 23.1 Å². The average Bonchev–Trinajstić information content (AvgIpc) is 3.13. The highest BCUT2D eigenvalue weighted by Gasteiger charge is 2.31. The third kappa shape index (κ3) is 3.85. The molecule has 1 aromatic heterocycles. The number of hydrogen-bond acceptors (Lipinski definition) is 2. The van der Waals surface area contributed by atoms with Crippen LogP contribution in [0.5, 0.6) is 0 Å². The normalized spacial score (nSPS) is 11.6. The number of carbonyl (C=O) groups excluding carboxylic acids is 1. The first kappa shape index (κ1) is 18.7. The van der Waals surface area contributed by atoms with E-state index in [0.717, 1.165) is 22.9 Å². The molecular weight excluding hydrogens is 379 g/mol. The van der Waals surface area contributed by atoms with Gasteiger partial charge in [-0.15, -0.1) is 0 Å². The molecule has 4 rings (SSSR count). The van der Waals surface area contributed by atoms with Gasteiger partial charge in [0.05, 0.1) is 17.6 Å². The van der Waals surface area contributed by atoms with Crippen molar-refractivity contribution in [1.29, 1.82) is 0 Å².